The zero-order chi connectivity index (χ0) is 22.8. The lowest BCUT2D eigenvalue weighted by molar-refractivity contribution is 0.102. The number of H-pyrrole nitrogens is 1. The molecule has 33 heavy (non-hydrogen) atoms. The van der Waals surface area contributed by atoms with Crippen LogP contribution < -0.4 is 10.9 Å². The third-order valence-corrected chi connectivity index (χ3v) is 4.84. The molecule has 0 aliphatic heterocycles. The lowest BCUT2D eigenvalue weighted by Gasteiger charge is -2.09. The van der Waals surface area contributed by atoms with Gasteiger partial charge >= 0.3 is 0 Å². The number of aromatic nitrogens is 4. The number of hydrogen-bond acceptors (Lipinski definition) is 5. The Kier molecular flexibility index (Phi) is 5.12. The molecule has 5 aromatic rings. The van der Waals surface area contributed by atoms with E-state index in [1.807, 2.05) is 30.3 Å². The standard InChI is InChI=1S/C24H16FN5O3/c25-17-10-5-4-9-16(17)23(32)27-21-13-19(20-11-6-12-33-20)29-30(21)24-26-18(14-22(31)28-24)15-7-2-1-3-8-15/h1-14H,(H,27,32)(H,26,28,31). The highest BCUT2D eigenvalue weighted by molar-refractivity contribution is 6.04. The lowest BCUT2D eigenvalue weighted by atomic mass is 10.1. The summed E-state index contributed by atoms with van der Waals surface area (Å²) in [6, 6.07) is 21.1. The molecule has 5 rings (SSSR count). The van der Waals surface area contributed by atoms with Crippen LogP contribution in [0.2, 0.25) is 0 Å². The van der Waals surface area contributed by atoms with Crippen molar-refractivity contribution in [2.75, 3.05) is 5.32 Å². The Morgan fingerprint density at radius 3 is 2.52 bits per heavy atom. The second kappa shape index (κ2) is 8.39. The van der Waals surface area contributed by atoms with Crippen molar-refractivity contribution >= 4 is 11.7 Å². The highest BCUT2D eigenvalue weighted by atomic mass is 19.1. The minimum Gasteiger partial charge on any atom is -0.463 e. The molecular weight excluding hydrogens is 425 g/mol. The predicted molar refractivity (Wildman–Crippen MR) is 119 cm³/mol. The smallest absolute Gasteiger partial charge is 0.259 e. The van der Waals surface area contributed by atoms with Crippen LogP contribution in [0.3, 0.4) is 0 Å². The molecule has 0 spiro atoms. The first kappa shape index (κ1) is 20.1. The number of amides is 1. The van der Waals surface area contributed by atoms with Gasteiger partial charge in [0.1, 0.15) is 17.3 Å². The summed E-state index contributed by atoms with van der Waals surface area (Å²) in [5, 5.41) is 7.09. The van der Waals surface area contributed by atoms with E-state index in [2.05, 4.69) is 20.4 Å². The van der Waals surface area contributed by atoms with Crippen LogP contribution in [0.4, 0.5) is 10.2 Å². The molecule has 8 nitrogen and oxygen atoms in total. The average molecular weight is 441 g/mol. The number of rotatable bonds is 5. The first-order chi connectivity index (χ1) is 16.1. The van der Waals surface area contributed by atoms with Gasteiger partial charge in [-0.3, -0.25) is 14.6 Å². The first-order valence-electron chi connectivity index (χ1n) is 9.95. The van der Waals surface area contributed by atoms with Crippen LogP contribution in [0.5, 0.6) is 0 Å². The molecule has 0 fully saturated rings. The predicted octanol–water partition coefficient (Wildman–Crippen LogP) is 4.27. The second-order valence-corrected chi connectivity index (χ2v) is 7.06. The number of hydrogen-bond donors (Lipinski definition) is 2. The summed E-state index contributed by atoms with van der Waals surface area (Å²) in [5.41, 5.74) is 1.01. The van der Waals surface area contributed by atoms with E-state index in [-0.39, 0.29) is 17.3 Å². The Morgan fingerprint density at radius 2 is 1.76 bits per heavy atom. The molecule has 0 aliphatic carbocycles. The van der Waals surface area contributed by atoms with Gasteiger partial charge in [-0.1, -0.05) is 42.5 Å². The highest BCUT2D eigenvalue weighted by Crippen LogP contribution is 2.25. The Labute approximate surface area is 186 Å². The first-order valence-corrected chi connectivity index (χ1v) is 9.95. The van der Waals surface area contributed by atoms with Crippen LogP contribution in [-0.4, -0.2) is 25.7 Å². The molecule has 0 saturated heterocycles. The summed E-state index contributed by atoms with van der Waals surface area (Å²) in [6.07, 6.45) is 1.49. The summed E-state index contributed by atoms with van der Waals surface area (Å²) in [6.45, 7) is 0. The monoisotopic (exact) mass is 441 g/mol. The van der Waals surface area contributed by atoms with Crippen molar-refractivity contribution < 1.29 is 13.6 Å². The van der Waals surface area contributed by atoms with Gasteiger partial charge in [-0.05, 0) is 24.3 Å². The molecule has 0 radical (unpaired) electrons. The number of halogens is 1. The third kappa shape index (κ3) is 4.07. The molecule has 0 aliphatic rings. The lowest BCUT2D eigenvalue weighted by Crippen LogP contribution is -2.19. The van der Waals surface area contributed by atoms with E-state index < -0.39 is 17.3 Å². The minimum absolute atomic E-state index is 0.0722. The zero-order valence-electron chi connectivity index (χ0n) is 17.0. The van der Waals surface area contributed by atoms with E-state index in [1.54, 1.807) is 24.3 Å². The Morgan fingerprint density at radius 1 is 0.970 bits per heavy atom. The number of carbonyl (C=O) groups excluding carboxylic acids is 1. The van der Waals surface area contributed by atoms with Gasteiger partial charge in [-0.25, -0.2) is 9.37 Å². The quantitative estimate of drug-likeness (QED) is 0.424. The topological polar surface area (TPSA) is 106 Å². The van der Waals surface area contributed by atoms with Crippen molar-refractivity contribution in [3.63, 3.8) is 0 Å². The van der Waals surface area contributed by atoms with E-state index in [1.165, 1.54) is 35.2 Å². The van der Waals surface area contributed by atoms with Gasteiger partial charge in [0.05, 0.1) is 17.5 Å². The van der Waals surface area contributed by atoms with Crippen LogP contribution >= 0.6 is 0 Å². The minimum atomic E-state index is -0.679. The summed E-state index contributed by atoms with van der Waals surface area (Å²) >= 11 is 0. The van der Waals surface area contributed by atoms with E-state index in [4.69, 9.17) is 4.42 Å². The van der Waals surface area contributed by atoms with Crippen molar-refractivity contribution in [1.29, 1.82) is 0 Å². The Hall–Kier alpha value is -4.79. The molecule has 2 aromatic carbocycles. The molecule has 1 amide bonds. The van der Waals surface area contributed by atoms with E-state index >= 15 is 0 Å². The molecule has 0 bridgehead atoms. The van der Waals surface area contributed by atoms with Crippen molar-refractivity contribution in [2.24, 2.45) is 0 Å². The normalized spacial score (nSPS) is 10.8. The fourth-order valence-corrected chi connectivity index (χ4v) is 3.31. The largest absolute Gasteiger partial charge is 0.463 e. The number of furan rings is 1. The summed E-state index contributed by atoms with van der Waals surface area (Å²) in [5.74, 6) is -0.658. The molecule has 0 unspecified atom stereocenters. The van der Waals surface area contributed by atoms with Crippen LogP contribution in [-0.2, 0) is 0 Å². The van der Waals surface area contributed by atoms with Gasteiger partial charge < -0.3 is 9.73 Å². The maximum Gasteiger partial charge on any atom is 0.259 e. The maximum atomic E-state index is 14.1. The van der Waals surface area contributed by atoms with Gasteiger partial charge in [0.2, 0.25) is 5.95 Å². The van der Waals surface area contributed by atoms with Crippen molar-refractivity contribution in [1.82, 2.24) is 19.7 Å². The number of aromatic amines is 1. The molecule has 0 saturated carbocycles. The molecular formula is C24H16FN5O3. The summed E-state index contributed by atoms with van der Waals surface area (Å²) in [4.78, 5) is 32.3. The molecule has 0 atom stereocenters. The molecule has 3 heterocycles. The zero-order valence-corrected chi connectivity index (χ0v) is 17.0. The van der Waals surface area contributed by atoms with E-state index in [0.717, 1.165) is 5.56 Å². The Bertz CT molecular complexity index is 1490. The van der Waals surface area contributed by atoms with Gasteiger partial charge in [0, 0.05) is 17.7 Å². The third-order valence-electron chi connectivity index (χ3n) is 4.84. The number of nitrogens with one attached hydrogen (secondary N) is 2. The van der Waals surface area contributed by atoms with Crippen LogP contribution in [0.1, 0.15) is 10.4 Å². The molecule has 9 heteroatoms. The Balaban J connectivity index is 1.61. The second-order valence-electron chi connectivity index (χ2n) is 7.06. The molecule has 2 N–H and O–H groups in total. The highest BCUT2D eigenvalue weighted by Gasteiger charge is 2.19. The van der Waals surface area contributed by atoms with Crippen LogP contribution in [0, 0.1) is 5.82 Å². The average Bonchev–Trinajstić information content (AvgIpc) is 3.50. The van der Waals surface area contributed by atoms with Crippen molar-refractivity contribution in [3.05, 3.63) is 107 Å². The van der Waals surface area contributed by atoms with Crippen molar-refractivity contribution in [2.45, 2.75) is 0 Å². The summed E-state index contributed by atoms with van der Waals surface area (Å²) in [7, 11) is 0. The maximum absolute atomic E-state index is 14.1. The van der Waals surface area contributed by atoms with Gasteiger partial charge in [-0.15, -0.1) is 0 Å². The number of nitrogens with zero attached hydrogens (tertiary/aromatic N) is 3. The summed E-state index contributed by atoms with van der Waals surface area (Å²) < 4.78 is 20.8. The molecule has 162 valence electrons. The number of benzene rings is 2. The fourth-order valence-electron chi connectivity index (χ4n) is 3.31. The fraction of sp³-hybridized carbons (Fsp3) is 0. The van der Waals surface area contributed by atoms with Gasteiger partial charge in [-0.2, -0.15) is 9.78 Å². The van der Waals surface area contributed by atoms with Gasteiger partial charge in [0.15, 0.2) is 5.76 Å². The van der Waals surface area contributed by atoms with Gasteiger partial charge in [0.25, 0.3) is 11.5 Å². The molecule has 3 aromatic heterocycles. The number of carbonyl (C=O) groups is 1. The SMILES string of the molecule is O=C(Nc1cc(-c2ccco2)nn1-c1nc(-c2ccccc2)cc(=O)[nH]1)c1ccccc1F. The number of anilines is 1. The van der Waals surface area contributed by atoms with Crippen LogP contribution in [0.15, 0.2) is 94.3 Å². The van der Waals surface area contributed by atoms with E-state index in [0.29, 0.717) is 17.1 Å². The van der Waals surface area contributed by atoms with Crippen LogP contribution in [0.25, 0.3) is 28.7 Å². The van der Waals surface area contributed by atoms with Crippen molar-refractivity contribution in [3.8, 4) is 28.7 Å². The van der Waals surface area contributed by atoms with E-state index in [9.17, 15) is 14.0 Å².